The molecule has 0 heterocycles. The number of unbranched alkanes of at least 4 members (excludes halogenated alkanes) is 22. The zero-order chi connectivity index (χ0) is 57.1. The van der Waals surface area contributed by atoms with E-state index in [2.05, 4.69) is 167 Å². The summed E-state index contributed by atoms with van der Waals surface area (Å²) in [5, 5.41) is 0. The van der Waals surface area contributed by atoms with Gasteiger partial charge in [0.2, 0.25) is 0 Å². The molecule has 0 aliphatic carbocycles. The summed E-state index contributed by atoms with van der Waals surface area (Å²) in [5.41, 5.74) is 0. The molecular formula is C73H118O6. The van der Waals surface area contributed by atoms with Gasteiger partial charge in [-0.3, -0.25) is 14.4 Å². The van der Waals surface area contributed by atoms with Crippen molar-refractivity contribution in [2.45, 2.75) is 284 Å². The first-order valence-electron chi connectivity index (χ1n) is 32.3. The molecule has 1 unspecified atom stereocenters. The summed E-state index contributed by atoms with van der Waals surface area (Å²) in [6.07, 6.45) is 94.1. The Kier molecular flexibility index (Phi) is 61.9. The highest BCUT2D eigenvalue weighted by Gasteiger charge is 2.19. The van der Waals surface area contributed by atoms with Gasteiger partial charge < -0.3 is 14.2 Å². The van der Waals surface area contributed by atoms with Gasteiger partial charge in [-0.15, -0.1) is 0 Å². The second kappa shape index (κ2) is 65.8. The molecule has 0 aromatic heterocycles. The highest BCUT2D eigenvalue weighted by molar-refractivity contribution is 5.71. The fourth-order valence-corrected chi connectivity index (χ4v) is 8.53. The predicted molar refractivity (Wildman–Crippen MR) is 343 cm³/mol. The van der Waals surface area contributed by atoms with E-state index in [1.165, 1.54) is 89.9 Å². The van der Waals surface area contributed by atoms with E-state index in [4.69, 9.17) is 14.2 Å². The lowest BCUT2D eigenvalue weighted by molar-refractivity contribution is -0.167. The normalized spacial score (nSPS) is 13.1. The molecule has 0 bridgehead atoms. The lowest BCUT2D eigenvalue weighted by atomic mass is 10.1. The second-order valence-electron chi connectivity index (χ2n) is 20.9. The Morgan fingerprint density at radius 1 is 0.266 bits per heavy atom. The van der Waals surface area contributed by atoms with Crippen LogP contribution >= 0.6 is 0 Å². The maximum absolute atomic E-state index is 12.9. The second-order valence-corrected chi connectivity index (χ2v) is 20.9. The van der Waals surface area contributed by atoms with Crippen molar-refractivity contribution in [1.29, 1.82) is 0 Å². The molecule has 0 fully saturated rings. The third-order valence-corrected chi connectivity index (χ3v) is 13.3. The summed E-state index contributed by atoms with van der Waals surface area (Å²) >= 11 is 0. The predicted octanol–water partition coefficient (Wildman–Crippen LogP) is 22.3. The molecule has 446 valence electrons. The van der Waals surface area contributed by atoms with E-state index >= 15 is 0 Å². The van der Waals surface area contributed by atoms with Crippen molar-refractivity contribution in [3.63, 3.8) is 0 Å². The van der Waals surface area contributed by atoms with Crippen LogP contribution in [0.2, 0.25) is 0 Å². The number of ether oxygens (including phenoxy) is 3. The van der Waals surface area contributed by atoms with Crippen LogP contribution in [0.3, 0.4) is 0 Å². The van der Waals surface area contributed by atoms with Gasteiger partial charge in [0.05, 0.1) is 0 Å². The Bertz CT molecular complexity index is 1730. The molecule has 6 nitrogen and oxygen atoms in total. The van der Waals surface area contributed by atoms with Crippen molar-refractivity contribution in [3.8, 4) is 0 Å². The van der Waals surface area contributed by atoms with E-state index in [0.717, 1.165) is 148 Å². The van der Waals surface area contributed by atoms with Gasteiger partial charge in [-0.05, 0) is 141 Å². The Morgan fingerprint density at radius 3 is 0.785 bits per heavy atom. The quantitative estimate of drug-likeness (QED) is 0.0261. The zero-order valence-electron chi connectivity index (χ0n) is 51.1. The Labute approximate surface area is 487 Å². The number of carbonyl (C=O) groups excluding carboxylic acids is 3. The number of allylic oxidation sites excluding steroid dienone is 24. The molecule has 0 amide bonds. The highest BCUT2D eigenvalue weighted by Crippen LogP contribution is 2.15. The molecule has 0 aromatic carbocycles. The molecule has 1 atom stereocenters. The molecule has 0 saturated carbocycles. The molecule has 0 rings (SSSR count). The summed E-state index contributed by atoms with van der Waals surface area (Å²) in [7, 11) is 0. The van der Waals surface area contributed by atoms with Gasteiger partial charge in [0.1, 0.15) is 13.2 Å². The van der Waals surface area contributed by atoms with Gasteiger partial charge in [-0.25, -0.2) is 0 Å². The van der Waals surface area contributed by atoms with E-state index in [1.807, 2.05) is 0 Å². The Balaban J connectivity index is 4.48. The van der Waals surface area contributed by atoms with Crippen LogP contribution in [-0.4, -0.2) is 37.2 Å². The summed E-state index contributed by atoms with van der Waals surface area (Å²) in [4.78, 5) is 38.4. The summed E-state index contributed by atoms with van der Waals surface area (Å²) in [6, 6.07) is 0. The van der Waals surface area contributed by atoms with Crippen molar-refractivity contribution in [3.05, 3.63) is 146 Å². The van der Waals surface area contributed by atoms with Crippen LogP contribution in [0.5, 0.6) is 0 Å². The number of rotatable bonds is 57. The molecule has 0 aliphatic heterocycles. The van der Waals surface area contributed by atoms with E-state index in [0.29, 0.717) is 12.8 Å². The number of esters is 3. The maximum atomic E-state index is 12.9. The molecule has 0 saturated heterocycles. The van der Waals surface area contributed by atoms with Crippen LogP contribution in [0.1, 0.15) is 278 Å². The van der Waals surface area contributed by atoms with Gasteiger partial charge in [-0.2, -0.15) is 0 Å². The molecule has 79 heavy (non-hydrogen) atoms. The van der Waals surface area contributed by atoms with E-state index in [1.54, 1.807) is 0 Å². The van der Waals surface area contributed by atoms with E-state index in [-0.39, 0.29) is 37.5 Å². The van der Waals surface area contributed by atoms with Gasteiger partial charge >= 0.3 is 17.9 Å². The Morgan fingerprint density at radius 2 is 0.494 bits per heavy atom. The first kappa shape index (κ1) is 74.3. The fraction of sp³-hybridized carbons (Fsp3) is 0.630. The van der Waals surface area contributed by atoms with Gasteiger partial charge in [0.15, 0.2) is 6.10 Å². The lowest BCUT2D eigenvalue weighted by Gasteiger charge is -2.18. The lowest BCUT2D eigenvalue weighted by Crippen LogP contribution is -2.30. The van der Waals surface area contributed by atoms with Crippen molar-refractivity contribution in [2.75, 3.05) is 13.2 Å². The minimum absolute atomic E-state index is 0.103. The maximum Gasteiger partial charge on any atom is 0.306 e. The van der Waals surface area contributed by atoms with Crippen LogP contribution < -0.4 is 0 Å². The highest BCUT2D eigenvalue weighted by atomic mass is 16.6. The minimum atomic E-state index is -0.811. The average Bonchev–Trinajstić information content (AvgIpc) is 3.45. The molecule has 0 spiro atoms. The monoisotopic (exact) mass is 1090 g/mol. The number of hydrogen-bond acceptors (Lipinski definition) is 6. The molecule has 0 aromatic rings. The largest absolute Gasteiger partial charge is 0.462 e. The van der Waals surface area contributed by atoms with Gasteiger partial charge in [0.25, 0.3) is 0 Å². The standard InChI is InChI=1S/C73H118O6/c1-4-7-10-13-16-19-22-25-28-31-34-35-36-37-40-42-45-48-51-54-57-60-63-66-72(75)78-69-70(79-73(76)67-64-61-58-55-52-49-46-43-39-33-30-27-24-21-18-15-12-9-6-3)68-77-71(74)65-62-59-56-53-50-47-44-41-38-32-29-26-23-20-17-14-11-8-5-2/h7,9-10,12,16-21,25-30,34-35,38-39,41,43,49,52,70H,4-6,8,11,13-15,22-24,31-33,36-37,40,42,44-48,50-51,53-69H2,1-3H3/b10-7-,12-9-,19-16-,20-17-,21-18-,28-25-,29-26-,30-27-,35-34-,41-38-,43-39-,52-49-. The van der Waals surface area contributed by atoms with Crippen molar-refractivity contribution in [2.24, 2.45) is 0 Å². The topological polar surface area (TPSA) is 78.9 Å². The van der Waals surface area contributed by atoms with Crippen LogP contribution in [-0.2, 0) is 28.6 Å². The first-order chi connectivity index (χ1) is 39.0. The number of carbonyl (C=O) groups is 3. The van der Waals surface area contributed by atoms with Crippen LogP contribution in [0.25, 0.3) is 0 Å². The smallest absolute Gasteiger partial charge is 0.306 e. The third kappa shape index (κ3) is 64.0. The van der Waals surface area contributed by atoms with Gasteiger partial charge in [-0.1, -0.05) is 263 Å². The fourth-order valence-electron chi connectivity index (χ4n) is 8.53. The molecule has 0 N–H and O–H groups in total. The van der Waals surface area contributed by atoms with E-state index in [9.17, 15) is 14.4 Å². The summed E-state index contributed by atoms with van der Waals surface area (Å²) in [6.45, 7) is 6.35. The minimum Gasteiger partial charge on any atom is -0.462 e. The van der Waals surface area contributed by atoms with Crippen LogP contribution in [0, 0.1) is 0 Å². The van der Waals surface area contributed by atoms with Gasteiger partial charge in [0, 0.05) is 19.3 Å². The molecule has 6 heteroatoms. The third-order valence-electron chi connectivity index (χ3n) is 13.3. The molecule has 0 radical (unpaired) electrons. The zero-order valence-corrected chi connectivity index (χ0v) is 51.1. The average molecular weight is 1090 g/mol. The van der Waals surface area contributed by atoms with Crippen molar-refractivity contribution >= 4 is 17.9 Å². The SMILES string of the molecule is CC/C=C\C/C=C\C/C=C\C/C=C\C/C=C\CCCCCC(=O)OC(COC(=O)CCCCCCCC/C=C\C/C=C\C/C=C\CCCCC)COC(=O)CCCCCCCCCCCC/C=C\C/C=C\C/C=C\C/C=C\CC. The van der Waals surface area contributed by atoms with Crippen LogP contribution in [0.15, 0.2) is 146 Å². The summed E-state index contributed by atoms with van der Waals surface area (Å²) in [5.74, 6) is -0.951. The molecular weight excluding hydrogens is 973 g/mol. The number of hydrogen-bond donors (Lipinski definition) is 0. The van der Waals surface area contributed by atoms with Crippen LogP contribution in [0.4, 0.5) is 0 Å². The van der Waals surface area contributed by atoms with E-state index < -0.39 is 6.10 Å². The molecule has 0 aliphatic rings. The van der Waals surface area contributed by atoms with Crippen molar-refractivity contribution in [1.82, 2.24) is 0 Å². The summed E-state index contributed by atoms with van der Waals surface area (Å²) < 4.78 is 16.9. The Hall–Kier alpha value is -4.71. The van der Waals surface area contributed by atoms with Crippen molar-refractivity contribution < 1.29 is 28.6 Å². The first-order valence-corrected chi connectivity index (χ1v) is 32.3.